The maximum absolute atomic E-state index is 11.4. The van der Waals surface area contributed by atoms with Crippen LogP contribution >= 0.6 is 0 Å². The molecule has 0 radical (unpaired) electrons. The van der Waals surface area contributed by atoms with Crippen molar-refractivity contribution in [2.45, 2.75) is 271 Å². The van der Waals surface area contributed by atoms with Gasteiger partial charge in [-0.2, -0.15) is 0 Å². The van der Waals surface area contributed by atoms with E-state index in [1.54, 1.807) is 53.7 Å². The fourth-order valence-corrected chi connectivity index (χ4v) is 17.5. The summed E-state index contributed by atoms with van der Waals surface area (Å²) in [6, 6.07) is 0.576. The number of fused-ring (bicyclic) bond motifs is 18. The third-order valence-electron chi connectivity index (χ3n) is 24.0. The van der Waals surface area contributed by atoms with Gasteiger partial charge >= 0.3 is 0 Å². The first kappa shape index (κ1) is 50.8. The molecule has 0 aromatic heterocycles. The van der Waals surface area contributed by atoms with E-state index in [2.05, 4.69) is 0 Å². The van der Waals surface area contributed by atoms with Crippen molar-refractivity contribution in [3.8, 4) is 69.0 Å². The summed E-state index contributed by atoms with van der Waals surface area (Å²) in [4.78, 5) is 4.82. The molecule has 12 heterocycles. The molecule has 6 aromatic carbocycles. The smallest absolute Gasteiger partial charge is 0.161 e. The lowest BCUT2D eigenvalue weighted by Gasteiger charge is -2.46. The fourth-order valence-electron chi connectivity index (χ4n) is 17.5. The molecule has 6 saturated heterocycles. The second-order valence-electron chi connectivity index (χ2n) is 35.0. The number of piperidine rings is 6. The summed E-state index contributed by atoms with van der Waals surface area (Å²) in [6.45, 7) is -17.2. The quantitative estimate of drug-likeness (QED) is 0.0329. The highest BCUT2D eigenvalue weighted by atomic mass is 16.5. The van der Waals surface area contributed by atoms with Gasteiger partial charge in [0.1, 0.15) is 0 Å². The first-order valence-electron chi connectivity index (χ1n) is 77.7. The van der Waals surface area contributed by atoms with Gasteiger partial charge in [-0.3, -0.25) is 29.4 Å². The topological polar surface area (TPSA) is 252 Å². The number of hydrogen-bond acceptors (Lipinski definition) is 24. The van der Waals surface area contributed by atoms with Gasteiger partial charge in [0.25, 0.3) is 0 Å². The van der Waals surface area contributed by atoms with E-state index in [0.29, 0.717) is 75.8 Å². The monoisotopic (exact) mass is 1980 g/mol. The van der Waals surface area contributed by atoms with E-state index in [-0.39, 0.29) is 174 Å². The zero-order valence-electron chi connectivity index (χ0n) is 146. The first-order valence-corrected chi connectivity index (χ1v) is 45.2. The average Bonchev–Trinajstić information content (AvgIpc) is 0.640. The van der Waals surface area contributed by atoms with Gasteiger partial charge in [-0.15, -0.1) is 0 Å². The molecule has 12 aliphatic heterocycles. The third kappa shape index (κ3) is 25.4. The van der Waals surface area contributed by atoms with Gasteiger partial charge in [0.15, 0.2) is 69.0 Å². The van der Waals surface area contributed by atoms with Crippen LogP contribution in [0.15, 0.2) is 72.8 Å². The molecular weight excluding hydrogens is 1740 g/mol. The zero-order valence-corrected chi connectivity index (χ0v) is 80.9. The predicted octanol–water partition coefficient (Wildman–Crippen LogP) is 18.2. The Hall–Kier alpha value is -7.56. The number of aliphatic hydroxyl groups is 6. The summed E-state index contributed by atoms with van der Waals surface area (Å²) in [5, 5.41) is 67.1. The molecule has 18 rings (SSSR count). The van der Waals surface area contributed by atoms with Gasteiger partial charge in [0.05, 0.1) is 149 Å². The van der Waals surface area contributed by atoms with Gasteiger partial charge in [0, 0.05) is 176 Å². The van der Waals surface area contributed by atoms with Crippen molar-refractivity contribution in [3.05, 3.63) is 140 Å². The molecule has 12 aliphatic rings. The Labute approximate surface area is 918 Å². The van der Waals surface area contributed by atoms with Gasteiger partial charge in [-0.05, 0) is 326 Å². The van der Waals surface area contributed by atoms with Crippen molar-refractivity contribution in [2.75, 3.05) is 163 Å². The van der Waals surface area contributed by atoms with E-state index in [4.69, 9.17) is 138 Å². The van der Waals surface area contributed by atoms with Crippen molar-refractivity contribution >= 4 is 0 Å². The highest BCUT2D eigenvalue weighted by Crippen LogP contribution is 2.52. The highest BCUT2D eigenvalue weighted by Gasteiger charge is 2.47. The van der Waals surface area contributed by atoms with Crippen molar-refractivity contribution in [3.63, 3.8) is 0 Å². The molecule has 21 atom stereocenters. The number of benzene rings is 6. The average molecular weight is 1980 g/mol. The number of hydrogen-bond donors (Lipinski definition) is 6. The van der Waals surface area contributed by atoms with Crippen LogP contribution in [0.4, 0.5) is 0 Å². The van der Waals surface area contributed by atoms with Gasteiger partial charge in [-0.25, -0.2) is 0 Å². The molecule has 0 aliphatic carbocycles. The Morgan fingerprint density at radius 1 is 0.297 bits per heavy atom. The molecular formula is C114H174N6O18. The zero-order chi connectivity index (χ0) is 157. The molecule has 138 heavy (non-hydrogen) atoms. The fraction of sp³-hybridized carbons (Fsp3) is 0.684. The molecule has 0 saturated carbocycles. The first-order chi connectivity index (χ1) is 90.7. The summed E-state index contributed by atoms with van der Waals surface area (Å²) in [6.07, 6.45) is -47.7. The molecule has 6 aromatic rings. The van der Waals surface area contributed by atoms with E-state index in [1.807, 2.05) is 0 Å². The minimum Gasteiger partial charge on any atom is -0.493 e. The number of ether oxygens (including phenoxy) is 12. The molecule has 21 unspecified atom stereocenters. The van der Waals surface area contributed by atoms with E-state index < -0.39 is 288 Å². The molecule has 6 fully saturated rings. The Morgan fingerprint density at radius 2 is 0.500 bits per heavy atom. The summed E-state index contributed by atoms with van der Waals surface area (Å²) < 4.78 is 609. The normalized spacial score (nSPS) is 49.1. The number of nitrogens with zero attached hydrogens (tertiary/aromatic N) is 6. The number of aliphatic hydroxyl groups excluding tert-OH is 1. The Bertz CT molecular complexity index is 8060. The largest absolute Gasteiger partial charge is 0.493 e. The van der Waals surface area contributed by atoms with Crippen molar-refractivity contribution < 1.29 is 177 Å². The Morgan fingerprint density at radius 3 is 0.725 bits per heavy atom. The van der Waals surface area contributed by atoms with Crippen molar-refractivity contribution in [1.29, 1.82) is 0 Å². The van der Waals surface area contributed by atoms with Crippen LogP contribution < -0.4 is 56.8 Å². The van der Waals surface area contributed by atoms with Crippen LogP contribution in [0.3, 0.4) is 0 Å². The lowest BCUT2D eigenvalue weighted by atomic mass is 9.79. The second kappa shape index (κ2) is 49.1. The molecule has 6 N–H and O–H groups in total. The minimum absolute atomic E-state index is 0.0150. The predicted molar refractivity (Wildman–Crippen MR) is 547 cm³/mol. The maximum Gasteiger partial charge on any atom is 0.161 e. The molecule has 0 amide bonds. The Balaban J connectivity index is 0.000000196. The summed E-state index contributed by atoms with van der Waals surface area (Å²) >= 11 is 0. The molecule has 768 valence electrons. The van der Waals surface area contributed by atoms with Crippen LogP contribution in [0.1, 0.15) is 352 Å². The summed E-state index contributed by atoms with van der Waals surface area (Å²) in [5.74, 6) is -27.2. The van der Waals surface area contributed by atoms with Crippen LogP contribution in [0.5, 0.6) is 69.0 Å². The van der Waals surface area contributed by atoms with E-state index >= 15 is 0 Å². The summed E-state index contributed by atoms with van der Waals surface area (Å²) in [5.41, 5.74) is 2.04. The lowest BCUT2D eigenvalue weighted by molar-refractivity contribution is -0.0192. The molecule has 0 bridgehead atoms. The lowest BCUT2D eigenvalue weighted by Crippen LogP contribution is -2.48. The van der Waals surface area contributed by atoms with Gasteiger partial charge in [0.2, 0.25) is 0 Å². The Kier molecular flexibility index (Phi) is 18.1. The van der Waals surface area contributed by atoms with Gasteiger partial charge < -0.3 is 87.5 Å². The third-order valence-corrected chi connectivity index (χ3v) is 24.0. The van der Waals surface area contributed by atoms with Gasteiger partial charge in [-0.1, -0.05) is 82.9 Å². The van der Waals surface area contributed by atoms with E-state index in [0.717, 1.165) is 38.7 Å². The SMILES string of the molecule is [2H]C([2H])([2H])C([2H])(C)C([2H])([2H])C1([2H])C([2H])([2H])N2CCc3cc(OC)c(OC)cc3C2([2H])C([2H])([2H])C1([2H])O.[2H]C([2H])([2H])Oc1cc2c(cc1OC)CCN1C([2H])([2H])C([2H])(C([2H])([2H])C([2H])(C)C([2H])([2H])[2H])C([2H])(O)C([2H])([2H])C21[2H].[2H]C([2H])([2H])Oc1cc2c(cc1OC)CCN1C([2H])([2H])C([2H])(CC(C)C)C([2H])(O)C([2H])([2H])C21[2H].[2H]C([2H])([2H])Oc1cc2c(cc1OC)CCN1C2([2H])CC(O)C(C([2H])([2H])C([2H])(C)C([2H])([2H])[2H])C1([2H])[2H].[2H]C1([2H])N2CCc3cc(OC)c(OC)cc3C2([2H])C([2H])([2H])C([2H])(O)C1([2H])CC(C)C.[2H]C1([2H])N2CCc3cc(OC)c(OC)cc3C2([2H])C([2H])([2H])C([2H])(O)C1([2H])CC(C)C. The van der Waals surface area contributed by atoms with Crippen LogP contribution in [-0.2, 0) is 38.5 Å². The van der Waals surface area contributed by atoms with Crippen LogP contribution in [0, 0.1) is 70.8 Å². The second-order valence-corrected chi connectivity index (χ2v) is 35.0. The van der Waals surface area contributed by atoms with E-state index in [1.165, 1.54) is 113 Å². The molecule has 24 nitrogen and oxygen atoms in total. The number of rotatable bonds is 24. The highest BCUT2D eigenvalue weighted by molar-refractivity contribution is 5.55. The molecule has 24 heteroatoms. The minimum atomic E-state index is -4.20. The van der Waals surface area contributed by atoms with Crippen LogP contribution in [-0.4, -0.2) is 260 Å². The van der Waals surface area contributed by atoms with Crippen molar-refractivity contribution in [1.82, 2.24) is 29.4 Å². The van der Waals surface area contributed by atoms with Crippen molar-refractivity contribution in [2.24, 2.45) is 70.8 Å². The van der Waals surface area contributed by atoms with E-state index in [9.17, 15) is 38.9 Å². The maximum atomic E-state index is 11.4. The molecule has 0 spiro atoms. The van der Waals surface area contributed by atoms with Crippen LogP contribution in [0.25, 0.3) is 0 Å². The van der Waals surface area contributed by atoms with Crippen LogP contribution in [0.2, 0.25) is 0 Å². The number of methoxy groups -OCH3 is 12. The summed E-state index contributed by atoms with van der Waals surface area (Å²) in [7, 11) is 3.41. The standard InChI is InChI=1S/6C19H29NO3/c6*1-12(2)7-14-11-20-6-5-13-8-18(22-3)19(23-4)9-15(13)16(20)10-17(14)21/h6*8-9,12,14,16-17,21H,5-7,10-11H2,1-4H3/i1D3,4D3,7D2,10D2,11D2,12D,14D,16D,17D;1D3,7D2,10D2,11D2,12D,14D,16D,17D;4D3,10D2,11D2,14D,16D,17D;1D3,4D3,7D2,11D2,12D,16D;2*10D2,11D2,14D,16D,17D.